The van der Waals surface area contributed by atoms with Crippen molar-refractivity contribution in [3.63, 3.8) is 0 Å². The van der Waals surface area contributed by atoms with E-state index in [2.05, 4.69) is 12.3 Å². The van der Waals surface area contributed by atoms with Crippen LogP contribution in [0.4, 0.5) is 0 Å². The van der Waals surface area contributed by atoms with E-state index in [1.165, 1.54) is 0 Å². The van der Waals surface area contributed by atoms with Crippen molar-refractivity contribution in [2.45, 2.75) is 43.4 Å². The highest BCUT2D eigenvalue weighted by atomic mass is 16.8. The molecule has 2 rings (SSSR count). The SMILES string of the molecule is [B][C@@H]1O[C@H](CO)[C@@H]2OC(C)(C)OC12C=C=C. The van der Waals surface area contributed by atoms with Crippen LogP contribution in [0.5, 0.6) is 0 Å². The fourth-order valence-electron chi connectivity index (χ4n) is 2.35. The topological polar surface area (TPSA) is 47.9 Å². The van der Waals surface area contributed by atoms with Gasteiger partial charge in [0.05, 0.1) is 12.6 Å². The van der Waals surface area contributed by atoms with Crippen LogP contribution in [-0.4, -0.2) is 49.2 Å². The number of aliphatic hydroxyl groups excluding tert-OH is 1. The van der Waals surface area contributed by atoms with E-state index in [0.717, 1.165) is 0 Å². The van der Waals surface area contributed by atoms with Gasteiger partial charge < -0.3 is 19.3 Å². The standard InChI is InChI=1S/C11H15BO4/c1-4-5-11-8(15-10(2,3)16-11)7(6-13)14-9(11)12/h5,7-9,13H,1,6H2,2-3H3/t7-,8+,9-,11?/m1/s1. The zero-order valence-corrected chi connectivity index (χ0v) is 9.47. The fraction of sp³-hybridized carbons (Fsp3) is 0.727. The molecule has 0 amide bonds. The van der Waals surface area contributed by atoms with Crippen LogP contribution in [0.25, 0.3) is 0 Å². The van der Waals surface area contributed by atoms with E-state index in [-0.39, 0.29) is 6.61 Å². The molecule has 0 spiro atoms. The summed E-state index contributed by atoms with van der Waals surface area (Å²) in [6.45, 7) is 6.95. The van der Waals surface area contributed by atoms with Crippen LogP contribution >= 0.6 is 0 Å². The molecule has 16 heavy (non-hydrogen) atoms. The summed E-state index contributed by atoms with van der Waals surface area (Å²) in [6, 6.07) is -0.689. The zero-order valence-electron chi connectivity index (χ0n) is 9.47. The first kappa shape index (κ1) is 11.9. The van der Waals surface area contributed by atoms with Gasteiger partial charge in [-0.1, -0.05) is 6.58 Å². The van der Waals surface area contributed by atoms with Crippen molar-refractivity contribution in [3.05, 3.63) is 18.4 Å². The van der Waals surface area contributed by atoms with Gasteiger partial charge in [0.15, 0.2) is 5.79 Å². The largest absolute Gasteiger partial charge is 0.394 e. The lowest BCUT2D eigenvalue weighted by Crippen LogP contribution is -2.45. The molecule has 0 aromatic heterocycles. The van der Waals surface area contributed by atoms with Crippen molar-refractivity contribution in [2.24, 2.45) is 0 Å². The Morgan fingerprint density at radius 2 is 2.25 bits per heavy atom. The highest BCUT2D eigenvalue weighted by molar-refractivity contribution is 6.12. The van der Waals surface area contributed by atoms with Crippen LogP contribution in [0.3, 0.4) is 0 Å². The highest BCUT2D eigenvalue weighted by Gasteiger charge is 2.62. The van der Waals surface area contributed by atoms with Crippen molar-refractivity contribution in [1.29, 1.82) is 0 Å². The van der Waals surface area contributed by atoms with E-state index in [1.807, 2.05) is 0 Å². The van der Waals surface area contributed by atoms with E-state index in [1.54, 1.807) is 19.9 Å². The molecule has 0 aromatic rings. The molecule has 0 saturated carbocycles. The number of hydrogen-bond donors (Lipinski definition) is 1. The molecule has 1 N–H and O–H groups in total. The molecule has 1 unspecified atom stereocenters. The lowest BCUT2D eigenvalue weighted by molar-refractivity contribution is -0.191. The van der Waals surface area contributed by atoms with Gasteiger partial charge in [0.1, 0.15) is 25.7 Å². The van der Waals surface area contributed by atoms with Crippen molar-refractivity contribution in [2.75, 3.05) is 6.61 Å². The van der Waals surface area contributed by atoms with Crippen LogP contribution in [0.2, 0.25) is 0 Å². The molecule has 0 aliphatic carbocycles. The summed E-state index contributed by atoms with van der Waals surface area (Å²) in [5, 5.41) is 9.22. The third-order valence-corrected chi connectivity index (χ3v) is 2.89. The molecule has 0 aromatic carbocycles. The molecule has 5 heteroatoms. The molecule has 4 atom stereocenters. The average molecular weight is 222 g/mol. The fourth-order valence-corrected chi connectivity index (χ4v) is 2.35. The van der Waals surface area contributed by atoms with Crippen molar-refractivity contribution >= 4 is 7.85 Å². The monoisotopic (exact) mass is 222 g/mol. The lowest BCUT2D eigenvalue weighted by Gasteiger charge is -2.27. The quantitative estimate of drug-likeness (QED) is 0.531. The summed E-state index contributed by atoms with van der Waals surface area (Å²) >= 11 is 0. The second kappa shape index (κ2) is 3.72. The molecule has 2 heterocycles. The predicted octanol–water partition coefficient (Wildman–Crippen LogP) is 0.103. The van der Waals surface area contributed by atoms with Crippen LogP contribution in [0, 0.1) is 0 Å². The Morgan fingerprint density at radius 3 is 2.81 bits per heavy atom. The molecular formula is C11H15BO4. The van der Waals surface area contributed by atoms with Crippen LogP contribution in [0.1, 0.15) is 13.8 Å². The van der Waals surface area contributed by atoms with E-state index >= 15 is 0 Å². The van der Waals surface area contributed by atoms with Crippen molar-refractivity contribution in [3.8, 4) is 0 Å². The van der Waals surface area contributed by atoms with Crippen LogP contribution < -0.4 is 0 Å². The molecule has 86 valence electrons. The summed E-state index contributed by atoms with van der Waals surface area (Å²) in [6.07, 6.45) is 0.699. The normalized spacial score (nSPS) is 45.1. The van der Waals surface area contributed by atoms with Gasteiger partial charge in [-0.15, -0.1) is 5.73 Å². The minimum Gasteiger partial charge on any atom is -0.394 e. The van der Waals surface area contributed by atoms with E-state index in [9.17, 15) is 5.11 Å². The van der Waals surface area contributed by atoms with Gasteiger partial charge >= 0.3 is 0 Å². The van der Waals surface area contributed by atoms with Gasteiger partial charge in [0, 0.05) is 0 Å². The highest BCUT2D eigenvalue weighted by Crippen LogP contribution is 2.46. The average Bonchev–Trinajstić information content (AvgIpc) is 2.58. The molecule has 2 saturated heterocycles. The summed E-state index contributed by atoms with van der Waals surface area (Å²) in [5.74, 6) is -0.757. The third kappa shape index (κ3) is 1.56. The zero-order chi connectivity index (χ0) is 12.0. The van der Waals surface area contributed by atoms with Gasteiger partial charge in [0.2, 0.25) is 0 Å². The Bertz CT molecular complexity index is 337. The van der Waals surface area contributed by atoms with Crippen LogP contribution in [0.15, 0.2) is 18.4 Å². The van der Waals surface area contributed by atoms with Gasteiger partial charge in [-0.25, -0.2) is 0 Å². The number of hydrogen-bond acceptors (Lipinski definition) is 4. The molecule has 2 aliphatic rings. The molecule has 2 radical (unpaired) electrons. The molecular weight excluding hydrogens is 207 g/mol. The Morgan fingerprint density at radius 1 is 1.56 bits per heavy atom. The number of rotatable bonds is 2. The minimum absolute atomic E-state index is 0.162. The summed E-state index contributed by atoms with van der Waals surface area (Å²) in [5.41, 5.74) is 1.76. The maximum atomic E-state index is 9.22. The van der Waals surface area contributed by atoms with E-state index in [4.69, 9.17) is 22.1 Å². The Hall–Kier alpha value is -0.575. The maximum Gasteiger partial charge on any atom is 0.164 e. The Labute approximate surface area is 96.3 Å². The summed E-state index contributed by atoms with van der Waals surface area (Å²) < 4.78 is 16.9. The van der Waals surface area contributed by atoms with Gasteiger partial charge in [-0.2, -0.15) is 0 Å². The number of fused-ring (bicyclic) bond motifs is 1. The Balaban J connectivity index is 2.39. The lowest BCUT2D eigenvalue weighted by atomic mass is 9.80. The van der Waals surface area contributed by atoms with Crippen molar-refractivity contribution < 1.29 is 19.3 Å². The van der Waals surface area contributed by atoms with Gasteiger partial charge in [-0.3, -0.25) is 0 Å². The predicted molar refractivity (Wildman–Crippen MR) is 58.0 cm³/mol. The van der Waals surface area contributed by atoms with Crippen LogP contribution in [-0.2, 0) is 14.2 Å². The summed E-state index contributed by atoms with van der Waals surface area (Å²) in [4.78, 5) is 0. The summed E-state index contributed by atoms with van der Waals surface area (Å²) in [7, 11) is 5.89. The smallest absolute Gasteiger partial charge is 0.164 e. The number of ether oxygens (including phenoxy) is 3. The number of aliphatic hydroxyl groups is 1. The first-order chi connectivity index (χ1) is 7.45. The molecule has 0 bridgehead atoms. The molecule has 4 nitrogen and oxygen atoms in total. The molecule has 2 aliphatic heterocycles. The first-order valence-corrected chi connectivity index (χ1v) is 5.22. The van der Waals surface area contributed by atoms with Crippen molar-refractivity contribution in [1.82, 2.24) is 0 Å². The van der Waals surface area contributed by atoms with Gasteiger partial charge in [0.25, 0.3) is 0 Å². The van der Waals surface area contributed by atoms with Gasteiger partial charge in [-0.05, 0) is 19.9 Å². The second-order valence-corrected chi connectivity index (χ2v) is 4.52. The van der Waals surface area contributed by atoms with E-state index in [0.29, 0.717) is 0 Å². The third-order valence-electron chi connectivity index (χ3n) is 2.89. The Kier molecular flexibility index (Phi) is 2.77. The second-order valence-electron chi connectivity index (χ2n) is 4.52. The molecule has 2 fully saturated rings. The maximum absolute atomic E-state index is 9.22. The minimum atomic E-state index is -0.904. The van der Waals surface area contributed by atoms with E-state index < -0.39 is 29.6 Å². The first-order valence-electron chi connectivity index (χ1n) is 5.22.